The van der Waals surface area contributed by atoms with E-state index in [1.54, 1.807) is 6.92 Å². The molecule has 0 heterocycles. The molecule has 0 aliphatic heterocycles. The standard InChI is InChI=1S/C6H13NO2S/c1-5(6(7)9)4-10-3-2-8/h5,8H,2-4H2,1H3,(H2,7,9). The average molecular weight is 163 g/mol. The average Bonchev–Trinajstić information content (AvgIpc) is 1.88. The zero-order valence-electron chi connectivity index (χ0n) is 6.04. The third-order valence-electron chi connectivity index (χ3n) is 1.09. The van der Waals surface area contributed by atoms with Crippen molar-refractivity contribution in [3.05, 3.63) is 0 Å². The van der Waals surface area contributed by atoms with Crippen LogP contribution in [0, 0.1) is 5.92 Å². The van der Waals surface area contributed by atoms with E-state index in [0.29, 0.717) is 11.5 Å². The molecule has 0 spiro atoms. The van der Waals surface area contributed by atoms with Gasteiger partial charge in [-0.2, -0.15) is 11.8 Å². The molecule has 0 saturated carbocycles. The molecule has 0 aromatic rings. The Labute approximate surface area is 65.0 Å². The first-order valence-electron chi connectivity index (χ1n) is 3.16. The molecule has 1 amide bonds. The van der Waals surface area contributed by atoms with E-state index in [1.807, 2.05) is 0 Å². The number of nitrogens with two attached hydrogens (primary N) is 1. The van der Waals surface area contributed by atoms with Gasteiger partial charge in [0.1, 0.15) is 0 Å². The minimum atomic E-state index is -0.273. The quantitative estimate of drug-likeness (QED) is 0.553. The molecule has 0 aliphatic rings. The van der Waals surface area contributed by atoms with Gasteiger partial charge in [0, 0.05) is 17.4 Å². The molecule has 0 rings (SSSR count). The molecule has 0 aromatic heterocycles. The van der Waals surface area contributed by atoms with Gasteiger partial charge in [-0.25, -0.2) is 0 Å². The number of hydrogen-bond acceptors (Lipinski definition) is 3. The SMILES string of the molecule is CC(CSCCO)C(N)=O. The lowest BCUT2D eigenvalue weighted by Gasteiger charge is -2.04. The van der Waals surface area contributed by atoms with E-state index in [1.165, 1.54) is 11.8 Å². The van der Waals surface area contributed by atoms with Crippen LogP contribution in [0.5, 0.6) is 0 Å². The van der Waals surface area contributed by atoms with E-state index in [9.17, 15) is 4.79 Å². The van der Waals surface area contributed by atoms with Crippen molar-refractivity contribution >= 4 is 17.7 Å². The van der Waals surface area contributed by atoms with Crippen LogP contribution in [-0.2, 0) is 4.79 Å². The fourth-order valence-electron chi connectivity index (χ4n) is 0.407. The van der Waals surface area contributed by atoms with Crippen LogP contribution in [0.1, 0.15) is 6.92 Å². The molecule has 0 radical (unpaired) electrons. The fraction of sp³-hybridized carbons (Fsp3) is 0.833. The van der Waals surface area contributed by atoms with Crippen LogP contribution in [0.3, 0.4) is 0 Å². The summed E-state index contributed by atoms with van der Waals surface area (Å²) in [5, 5.41) is 8.38. The molecule has 1 atom stereocenters. The second kappa shape index (κ2) is 5.56. The Morgan fingerprint density at radius 2 is 2.40 bits per heavy atom. The normalized spacial score (nSPS) is 13.0. The highest BCUT2D eigenvalue weighted by molar-refractivity contribution is 7.99. The van der Waals surface area contributed by atoms with Gasteiger partial charge in [-0.15, -0.1) is 0 Å². The molecular formula is C6H13NO2S. The highest BCUT2D eigenvalue weighted by Gasteiger charge is 2.06. The Balaban J connectivity index is 3.21. The number of carbonyl (C=O) groups is 1. The minimum absolute atomic E-state index is 0.0865. The first-order chi connectivity index (χ1) is 4.68. The van der Waals surface area contributed by atoms with Crippen molar-refractivity contribution < 1.29 is 9.90 Å². The molecule has 0 saturated heterocycles. The smallest absolute Gasteiger partial charge is 0.221 e. The summed E-state index contributed by atoms with van der Waals surface area (Å²) >= 11 is 1.54. The van der Waals surface area contributed by atoms with E-state index in [-0.39, 0.29) is 18.4 Å². The maximum absolute atomic E-state index is 10.4. The molecule has 0 aliphatic carbocycles. The highest BCUT2D eigenvalue weighted by Crippen LogP contribution is 2.06. The van der Waals surface area contributed by atoms with Gasteiger partial charge in [-0.05, 0) is 0 Å². The van der Waals surface area contributed by atoms with Crippen molar-refractivity contribution in [2.24, 2.45) is 11.7 Å². The summed E-state index contributed by atoms with van der Waals surface area (Å²) in [5.41, 5.74) is 5.00. The van der Waals surface area contributed by atoms with Crippen LogP contribution in [-0.4, -0.2) is 29.1 Å². The van der Waals surface area contributed by atoms with Crippen molar-refractivity contribution in [2.75, 3.05) is 18.1 Å². The monoisotopic (exact) mass is 163 g/mol. The summed E-state index contributed by atoms with van der Waals surface area (Å²) in [6.45, 7) is 1.95. The molecule has 60 valence electrons. The van der Waals surface area contributed by atoms with Crippen LogP contribution in [0.15, 0.2) is 0 Å². The lowest BCUT2D eigenvalue weighted by Crippen LogP contribution is -2.22. The fourth-order valence-corrected chi connectivity index (χ4v) is 1.22. The van der Waals surface area contributed by atoms with Gasteiger partial charge in [0.25, 0.3) is 0 Å². The summed E-state index contributed by atoms with van der Waals surface area (Å²) in [5.74, 6) is 1.02. The lowest BCUT2D eigenvalue weighted by molar-refractivity contribution is -0.120. The van der Waals surface area contributed by atoms with Gasteiger partial charge in [-0.1, -0.05) is 6.92 Å². The maximum atomic E-state index is 10.4. The summed E-state index contributed by atoms with van der Waals surface area (Å²) in [6.07, 6.45) is 0. The molecule has 0 bridgehead atoms. The maximum Gasteiger partial charge on any atom is 0.221 e. The molecule has 4 heteroatoms. The first-order valence-corrected chi connectivity index (χ1v) is 4.32. The highest BCUT2D eigenvalue weighted by atomic mass is 32.2. The van der Waals surface area contributed by atoms with E-state index >= 15 is 0 Å². The van der Waals surface area contributed by atoms with Crippen LogP contribution in [0.25, 0.3) is 0 Å². The van der Waals surface area contributed by atoms with Gasteiger partial charge in [0.05, 0.1) is 6.61 Å². The van der Waals surface area contributed by atoms with Crippen molar-refractivity contribution in [1.29, 1.82) is 0 Å². The van der Waals surface area contributed by atoms with Crippen molar-refractivity contribution in [1.82, 2.24) is 0 Å². The van der Waals surface area contributed by atoms with Crippen LogP contribution in [0.2, 0.25) is 0 Å². The Kier molecular flexibility index (Phi) is 5.43. The Morgan fingerprint density at radius 3 is 2.80 bits per heavy atom. The Morgan fingerprint density at radius 1 is 1.80 bits per heavy atom. The number of amides is 1. The predicted octanol–water partition coefficient (Wildman–Crippen LogP) is -0.167. The lowest BCUT2D eigenvalue weighted by atomic mass is 10.2. The summed E-state index contributed by atoms with van der Waals surface area (Å²) in [7, 11) is 0. The number of carbonyl (C=O) groups excluding carboxylic acids is 1. The number of hydrogen-bond donors (Lipinski definition) is 2. The van der Waals surface area contributed by atoms with E-state index < -0.39 is 0 Å². The van der Waals surface area contributed by atoms with Crippen molar-refractivity contribution in [2.45, 2.75) is 6.92 Å². The second-order valence-electron chi connectivity index (χ2n) is 2.10. The van der Waals surface area contributed by atoms with E-state index in [4.69, 9.17) is 10.8 Å². The van der Waals surface area contributed by atoms with Crippen LogP contribution in [0.4, 0.5) is 0 Å². The molecule has 3 N–H and O–H groups in total. The predicted molar refractivity (Wildman–Crippen MR) is 42.8 cm³/mol. The molecule has 0 aromatic carbocycles. The number of primary amides is 1. The third kappa shape index (κ3) is 4.64. The summed E-state index contributed by atoms with van der Waals surface area (Å²) < 4.78 is 0. The second-order valence-corrected chi connectivity index (χ2v) is 3.25. The van der Waals surface area contributed by atoms with Crippen molar-refractivity contribution in [3.63, 3.8) is 0 Å². The number of thioether (sulfide) groups is 1. The molecule has 3 nitrogen and oxygen atoms in total. The number of aliphatic hydroxyl groups is 1. The van der Waals surface area contributed by atoms with Gasteiger partial charge < -0.3 is 10.8 Å². The molecular weight excluding hydrogens is 150 g/mol. The van der Waals surface area contributed by atoms with Gasteiger partial charge >= 0.3 is 0 Å². The largest absolute Gasteiger partial charge is 0.396 e. The number of aliphatic hydroxyl groups excluding tert-OH is 1. The first kappa shape index (κ1) is 9.78. The van der Waals surface area contributed by atoms with E-state index in [2.05, 4.69) is 0 Å². The Hall–Kier alpha value is -0.220. The van der Waals surface area contributed by atoms with Crippen molar-refractivity contribution in [3.8, 4) is 0 Å². The van der Waals surface area contributed by atoms with Crippen LogP contribution < -0.4 is 5.73 Å². The third-order valence-corrected chi connectivity index (χ3v) is 2.30. The number of rotatable bonds is 5. The summed E-state index contributed by atoms with van der Waals surface area (Å²) in [6, 6.07) is 0. The topological polar surface area (TPSA) is 63.3 Å². The molecule has 1 unspecified atom stereocenters. The van der Waals surface area contributed by atoms with E-state index in [0.717, 1.165) is 0 Å². The van der Waals surface area contributed by atoms with Gasteiger partial charge in [0.15, 0.2) is 0 Å². The zero-order valence-corrected chi connectivity index (χ0v) is 6.86. The zero-order chi connectivity index (χ0) is 7.98. The minimum Gasteiger partial charge on any atom is -0.396 e. The molecule has 0 fully saturated rings. The van der Waals surface area contributed by atoms with Crippen LogP contribution >= 0.6 is 11.8 Å². The summed E-state index contributed by atoms with van der Waals surface area (Å²) in [4.78, 5) is 10.4. The Bertz CT molecular complexity index is 108. The molecule has 10 heavy (non-hydrogen) atoms. The van der Waals surface area contributed by atoms with Gasteiger partial charge in [-0.3, -0.25) is 4.79 Å². The van der Waals surface area contributed by atoms with Gasteiger partial charge in [0.2, 0.25) is 5.91 Å².